The predicted octanol–water partition coefficient (Wildman–Crippen LogP) is 5.80. The van der Waals surface area contributed by atoms with Gasteiger partial charge in [-0.15, -0.1) is 0 Å². The number of carbonyl (C=O) groups is 1. The third-order valence-electron chi connectivity index (χ3n) is 2.90. The second-order valence-corrected chi connectivity index (χ2v) is 6.34. The van der Waals surface area contributed by atoms with Crippen LogP contribution in [-0.2, 0) is 0 Å². The minimum absolute atomic E-state index is 0.358. The van der Waals surface area contributed by atoms with Crippen molar-refractivity contribution < 1.29 is 4.79 Å². The van der Waals surface area contributed by atoms with E-state index in [-0.39, 0.29) is 0 Å². The van der Waals surface area contributed by atoms with Crippen molar-refractivity contribution >= 4 is 67.3 Å². The number of halogens is 2. The first-order valence-corrected chi connectivity index (χ1v) is 7.93. The highest BCUT2D eigenvalue weighted by molar-refractivity contribution is 7.22. The van der Waals surface area contributed by atoms with Crippen LogP contribution in [0.3, 0.4) is 0 Å². The Bertz CT molecular complexity index is 948. The van der Waals surface area contributed by atoms with Crippen molar-refractivity contribution in [3.05, 3.63) is 57.9 Å². The minimum Gasteiger partial charge on any atom is -0.308 e. The SMILES string of the molecule is [C-]#[N+]c1ccc2nc(NC(=O)Nc3ccc(Cl)c(Cl)c3)sc2c1. The molecule has 0 unspecified atom stereocenters. The molecule has 0 atom stereocenters. The fourth-order valence-electron chi connectivity index (χ4n) is 1.87. The molecule has 23 heavy (non-hydrogen) atoms. The number of hydrogen-bond donors (Lipinski definition) is 2. The number of carbonyl (C=O) groups excluding carboxylic acids is 1. The first kappa shape index (κ1) is 15.6. The molecule has 0 saturated heterocycles. The maximum atomic E-state index is 12.0. The molecule has 0 spiro atoms. The van der Waals surface area contributed by atoms with Gasteiger partial charge in [-0.25, -0.2) is 14.6 Å². The van der Waals surface area contributed by atoms with Gasteiger partial charge in [0.2, 0.25) is 0 Å². The summed E-state index contributed by atoms with van der Waals surface area (Å²) >= 11 is 13.0. The molecule has 0 saturated carbocycles. The first-order valence-electron chi connectivity index (χ1n) is 6.36. The quantitative estimate of drug-likeness (QED) is 0.566. The van der Waals surface area contributed by atoms with E-state index in [1.54, 1.807) is 36.4 Å². The van der Waals surface area contributed by atoms with Gasteiger partial charge in [0.15, 0.2) is 10.8 Å². The summed E-state index contributed by atoms with van der Waals surface area (Å²) in [7, 11) is 0. The van der Waals surface area contributed by atoms with Crippen LogP contribution in [0.1, 0.15) is 0 Å². The van der Waals surface area contributed by atoms with Crippen molar-refractivity contribution in [3.63, 3.8) is 0 Å². The molecule has 8 heteroatoms. The van der Waals surface area contributed by atoms with Crippen molar-refractivity contribution in [1.29, 1.82) is 0 Å². The Labute approximate surface area is 145 Å². The molecule has 0 fully saturated rings. The van der Waals surface area contributed by atoms with Crippen LogP contribution in [0.2, 0.25) is 10.0 Å². The van der Waals surface area contributed by atoms with Crippen molar-refractivity contribution in [3.8, 4) is 0 Å². The number of fused-ring (bicyclic) bond motifs is 1. The molecule has 0 aliphatic heterocycles. The van der Waals surface area contributed by atoms with Gasteiger partial charge in [0, 0.05) is 10.4 Å². The summed E-state index contributed by atoms with van der Waals surface area (Å²) in [6.45, 7) is 7.01. The normalized spacial score (nSPS) is 10.3. The third-order valence-corrected chi connectivity index (χ3v) is 4.57. The maximum Gasteiger partial charge on any atom is 0.325 e. The molecule has 0 aliphatic rings. The van der Waals surface area contributed by atoms with E-state index in [1.165, 1.54) is 11.3 Å². The number of anilines is 2. The maximum absolute atomic E-state index is 12.0. The minimum atomic E-state index is -0.437. The topological polar surface area (TPSA) is 58.4 Å². The fourth-order valence-corrected chi connectivity index (χ4v) is 3.06. The van der Waals surface area contributed by atoms with E-state index in [0.29, 0.717) is 26.6 Å². The Kier molecular flexibility index (Phi) is 4.35. The number of nitrogens with one attached hydrogen (secondary N) is 2. The van der Waals surface area contributed by atoms with Gasteiger partial charge in [0.05, 0.1) is 22.1 Å². The van der Waals surface area contributed by atoms with Crippen molar-refractivity contribution in [2.24, 2.45) is 0 Å². The molecular weight excluding hydrogens is 355 g/mol. The first-order chi connectivity index (χ1) is 11.0. The number of nitrogens with zero attached hydrogens (tertiary/aromatic N) is 2. The number of urea groups is 1. The lowest BCUT2D eigenvalue weighted by atomic mass is 10.3. The van der Waals surface area contributed by atoms with Gasteiger partial charge >= 0.3 is 6.03 Å². The van der Waals surface area contributed by atoms with Crippen molar-refractivity contribution in [2.45, 2.75) is 0 Å². The van der Waals surface area contributed by atoms with Crippen LogP contribution in [0.15, 0.2) is 36.4 Å². The van der Waals surface area contributed by atoms with E-state index in [2.05, 4.69) is 20.5 Å². The Balaban J connectivity index is 1.74. The Morgan fingerprint density at radius 2 is 1.96 bits per heavy atom. The summed E-state index contributed by atoms with van der Waals surface area (Å²) in [6.07, 6.45) is 0. The van der Waals surface area contributed by atoms with E-state index >= 15 is 0 Å². The Morgan fingerprint density at radius 3 is 2.70 bits per heavy atom. The zero-order valence-electron chi connectivity index (χ0n) is 11.4. The molecule has 1 heterocycles. The van der Waals surface area contributed by atoms with Crippen molar-refractivity contribution in [2.75, 3.05) is 10.6 Å². The molecule has 2 amide bonds. The zero-order valence-corrected chi connectivity index (χ0v) is 13.8. The summed E-state index contributed by atoms with van der Waals surface area (Å²) < 4.78 is 0.836. The molecule has 0 radical (unpaired) electrons. The van der Waals surface area contributed by atoms with Crippen LogP contribution >= 0.6 is 34.5 Å². The lowest BCUT2D eigenvalue weighted by Crippen LogP contribution is -2.19. The molecule has 3 rings (SSSR count). The molecule has 3 aromatic rings. The lowest BCUT2D eigenvalue weighted by Gasteiger charge is -2.06. The number of thiazole rings is 1. The van der Waals surface area contributed by atoms with Gasteiger partial charge < -0.3 is 5.32 Å². The van der Waals surface area contributed by atoms with E-state index < -0.39 is 6.03 Å². The highest BCUT2D eigenvalue weighted by atomic mass is 35.5. The van der Waals surface area contributed by atoms with Crippen LogP contribution in [0.4, 0.5) is 21.3 Å². The monoisotopic (exact) mass is 362 g/mol. The summed E-state index contributed by atoms with van der Waals surface area (Å²) in [5.41, 5.74) is 1.79. The number of aromatic nitrogens is 1. The standard InChI is InChI=1S/C15H8Cl2N4OS/c1-18-8-3-5-12-13(7-8)23-15(20-12)21-14(22)19-9-2-4-10(16)11(17)6-9/h2-7H,(H2,19,20,21,22). The van der Waals surface area contributed by atoms with Gasteiger partial charge in [-0.2, -0.15) is 0 Å². The average Bonchev–Trinajstić information content (AvgIpc) is 2.91. The number of benzene rings is 2. The van der Waals surface area contributed by atoms with Gasteiger partial charge in [0.25, 0.3) is 0 Å². The van der Waals surface area contributed by atoms with E-state index in [4.69, 9.17) is 29.8 Å². The molecule has 114 valence electrons. The average molecular weight is 363 g/mol. The van der Waals surface area contributed by atoms with E-state index in [9.17, 15) is 4.79 Å². The molecule has 0 aliphatic carbocycles. The molecular formula is C15H8Cl2N4OS. The molecule has 1 aromatic heterocycles. The Hall–Kier alpha value is -2.33. The molecule has 5 nitrogen and oxygen atoms in total. The molecule has 0 bridgehead atoms. The number of rotatable bonds is 2. The Morgan fingerprint density at radius 1 is 1.13 bits per heavy atom. The third kappa shape index (κ3) is 3.54. The molecule has 2 N–H and O–H groups in total. The predicted molar refractivity (Wildman–Crippen MR) is 95.0 cm³/mol. The van der Waals surface area contributed by atoms with Gasteiger partial charge in [-0.1, -0.05) is 40.6 Å². The van der Waals surface area contributed by atoms with E-state index in [1.807, 2.05) is 0 Å². The highest BCUT2D eigenvalue weighted by Gasteiger charge is 2.09. The second kappa shape index (κ2) is 6.42. The fraction of sp³-hybridized carbons (Fsp3) is 0. The van der Waals surface area contributed by atoms with Crippen LogP contribution < -0.4 is 10.6 Å². The highest BCUT2D eigenvalue weighted by Crippen LogP contribution is 2.30. The summed E-state index contributed by atoms with van der Waals surface area (Å²) in [5.74, 6) is 0. The van der Waals surface area contributed by atoms with Crippen molar-refractivity contribution in [1.82, 2.24) is 4.98 Å². The van der Waals surface area contributed by atoms with Gasteiger partial charge in [0.1, 0.15) is 0 Å². The van der Waals surface area contributed by atoms with E-state index in [0.717, 1.165) is 10.2 Å². The number of hydrogen-bond acceptors (Lipinski definition) is 3. The van der Waals surface area contributed by atoms with Crippen LogP contribution in [0.5, 0.6) is 0 Å². The van der Waals surface area contributed by atoms with Crippen LogP contribution in [0.25, 0.3) is 15.1 Å². The molecule has 2 aromatic carbocycles. The summed E-state index contributed by atoms with van der Waals surface area (Å²) in [4.78, 5) is 19.7. The van der Waals surface area contributed by atoms with Crippen LogP contribution in [-0.4, -0.2) is 11.0 Å². The smallest absolute Gasteiger partial charge is 0.308 e. The summed E-state index contributed by atoms with van der Waals surface area (Å²) in [6, 6.07) is 9.55. The second-order valence-electron chi connectivity index (χ2n) is 4.49. The summed E-state index contributed by atoms with van der Waals surface area (Å²) in [5, 5.41) is 6.52. The van der Waals surface area contributed by atoms with Crippen LogP contribution in [0, 0.1) is 6.57 Å². The largest absolute Gasteiger partial charge is 0.325 e. The van der Waals surface area contributed by atoms with Gasteiger partial charge in [-0.05, 0) is 30.3 Å². The zero-order chi connectivity index (χ0) is 16.4. The number of amides is 2. The lowest BCUT2D eigenvalue weighted by molar-refractivity contribution is 0.262. The van der Waals surface area contributed by atoms with Gasteiger partial charge in [-0.3, -0.25) is 5.32 Å².